The van der Waals surface area contributed by atoms with Gasteiger partial charge in [-0.3, -0.25) is 9.59 Å². The van der Waals surface area contributed by atoms with Crippen LogP contribution in [-0.2, 0) is 19.4 Å². The first kappa shape index (κ1) is 28.1. The summed E-state index contributed by atoms with van der Waals surface area (Å²) in [5.41, 5.74) is -1.91. The zero-order valence-electron chi connectivity index (χ0n) is 20.1. The zero-order valence-corrected chi connectivity index (χ0v) is 21.7. The van der Waals surface area contributed by atoms with Crippen LogP contribution in [0, 0.1) is 16.7 Å². The Hall–Kier alpha value is -2.52. The third kappa shape index (κ3) is 5.72. The molecule has 0 spiro atoms. The number of hydrogen-bond acceptors (Lipinski definition) is 6. The zero-order chi connectivity index (χ0) is 27.3. The molecule has 1 heterocycles. The molecule has 2 fully saturated rings. The van der Waals surface area contributed by atoms with Crippen molar-refractivity contribution in [2.75, 3.05) is 6.54 Å². The number of carbonyl (C=O) groups is 2. The van der Waals surface area contributed by atoms with Gasteiger partial charge in [0.05, 0.1) is 21.2 Å². The smallest absolute Gasteiger partial charge is 0.425 e. The summed E-state index contributed by atoms with van der Waals surface area (Å²) in [5.74, 6) is -1.30. The highest BCUT2D eigenvalue weighted by atomic mass is 35.5. The number of halogens is 4. The van der Waals surface area contributed by atoms with E-state index in [2.05, 4.69) is 5.32 Å². The Morgan fingerprint density at radius 3 is 2.36 bits per heavy atom. The van der Waals surface area contributed by atoms with E-state index < -0.39 is 56.2 Å². The number of nitriles is 1. The lowest BCUT2D eigenvalue weighted by atomic mass is 9.94. The van der Waals surface area contributed by atoms with E-state index in [4.69, 9.17) is 16.3 Å². The fourth-order valence-electron chi connectivity index (χ4n) is 3.87. The lowest BCUT2D eigenvalue weighted by Gasteiger charge is -2.30. The van der Waals surface area contributed by atoms with Crippen molar-refractivity contribution in [2.24, 2.45) is 5.41 Å². The van der Waals surface area contributed by atoms with Crippen LogP contribution in [0.4, 0.5) is 13.2 Å². The highest BCUT2D eigenvalue weighted by molar-refractivity contribution is 7.92. The molecule has 1 aromatic rings. The Morgan fingerprint density at radius 1 is 1.28 bits per heavy atom. The second kappa shape index (κ2) is 9.41. The van der Waals surface area contributed by atoms with Gasteiger partial charge >= 0.3 is 6.18 Å². The van der Waals surface area contributed by atoms with Crippen molar-refractivity contribution in [3.8, 4) is 11.8 Å². The maximum Gasteiger partial charge on any atom is 0.425 e. The first-order chi connectivity index (χ1) is 16.4. The van der Waals surface area contributed by atoms with Crippen LogP contribution in [0.25, 0.3) is 0 Å². The fourth-order valence-corrected chi connectivity index (χ4v) is 6.10. The van der Waals surface area contributed by atoms with Gasteiger partial charge in [0.1, 0.15) is 17.3 Å². The molecule has 0 aromatic heterocycles. The lowest BCUT2D eigenvalue weighted by molar-refractivity contribution is -0.189. The molecule has 1 saturated heterocycles. The quantitative estimate of drug-likeness (QED) is 0.579. The normalized spacial score (nSPS) is 22.5. The van der Waals surface area contributed by atoms with Crippen molar-refractivity contribution >= 4 is 33.3 Å². The molecule has 1 N–H and O–H groups in total. The Balaban J connectivity index is 1.88. The molecule has 8 nitrogen and oxygen atoms in total. The maximum atomic E-state index is 13.5. The molecule has 2 amide bonds. The van der Waals surface area contributed by atoms with Crippen molar-refractivity contribution in [2.45, 2.75) is 81.0 Å². The van der Waals surface area contributed by atoms with Gasteiger partial charge in [-0.25, -0.2) is 8.42 Å². The van der Waals surface area contributed by atoms with Crippen molar-refractivity contribution in [1.82, 2.24) is 10.2 Å². The predicted molar refractivity (Wildman–Crippen MR) is 124 cm³/mol. The minimum absolute atomic E-state index is 0.225. The van der Waals surface area contributed by atoms with Gasteiger partial charge in [-0.15, -0.1) is 0 Å². The van der Waals surface area contributed by atoms with Gasteiger partial charge in [-0.2, -0.15) is 18.4 Å². The van der Waals surface area contributed by atoms with E-state index in [1.807, 2.05) is 6.07 Å². The topological polar surface area (TPSA) is 117 Å². The average Bonchev–Trinajstić information content (AvgIpc) is 3.37. The van der Waals surface area contributed by atoms with Crippen LogP contribution >= 0.6 is 11.6 Å². The van der Waals surface area contributed by atoms with E-state index in [9.17, 15) is 36.4 Å². The third-order valence-electron chi connectivity index (χ3n) is 6.22. The van der Waals surface area contributed by atoms with Crippen LogP contribution in [-0.4, -0.2) is 60.8 Å². The standard InChI is InChI=1S/C23H27ClF3N3O5S/c1-13(23(25,26)27)35-14-5-6-18(16(24)9-14)36(33,34)15-10-17(19(31)29-22(12-28)7-8-22)30(11-15)20(32)21(2,3)4/h5-6,9,13,15,17H,7-8,10-11H2,1-4H3,(H,29,31). The second-order valence-electron chi connectivity index (χ2n) is 10.2. The van der Waals surface area contributed by atoms with Gasteiger partial charge in [0.15, 0.2) is 15.9 Å². The molecule has 1 saturated carbocycles. The van der Waals surface area contributed by atoms with E-state index in [0.29, 0.717) is 12.8 Å². The molecule has 198 valence electrons. The van der Waals surface area contributed by atoms with Crippen LogP contribution in [0.3, 0.4) is 0 Å². The third-order valence-corrected chi connectivity index (χ3v) is 8.83. The molecule has 2 aliphatic rings. The van der Waals surface area contributed by atoms with Crippen molar-refractivity contribution in [3.05, 3.63) is 23.2 Å². The van der Waals surface area contributed by atoms with Crippen LogP contribution in [0.1, 0.15) is 47.0 Å². The summed E-state index contributed by atoms with van der Waals surface area (Å²) < 4.78 is 70.1. The summed E-state index contributed by atoms with van der Waals surface area (Å²) in [4.78, 5) is 27.0. The Labute approximate surface area is 212 Å². The monoisotopic (exact) mass is 549 g/mol. The van der Waals surface area contributed by atoms with Gasteiger partial charge in [0.2, 0.25) is 11.8 Å². The molecule has 0 radical (unpaired) electrons. The summed E-state index contributed by atoms with van der Waals surface area (Å²) in [6.45, 7) is 5.45. The summed E-state index contributed by atoms with van der Waals surface area (Å²) in [6, 6.07) is 4.02. The number of ether oxygens (including phenoxy) is 1. The molecule has 13 heteroatoms. The summed E-state index contributed by atoms with van der Waals surface area (Å²) in [7, 11) is -4.20. The molecule has 1 aromatic carbocycles. The number of nitrogens with one attached hydrogen (secondary N) is 1. The van der Waals surface area contributed by atoms with Gasteiger partial charge < -0.3 is 15.0 Å². The molecule has 36 heavy (non-hydrogen) atoms. The highest BCUT2D eigenvalue weighted by Crippen LogP contribution is 2.38. The number of likely N-dealkylation sites (tertiary alicyclic amines) is 1. The van der Waals surface area contributed by atoms with Crippen molar-refractivity contribution in [3.63, 3.8) is 0 Å². The number of carbonyl (C=O) groups excluding carboxylic acids is 2. The number of hydrogen-bond donors (Lipinski definition) is 1. The predicted octanol–water partition coefficient (Wildman–Crippen LogP) is 3.63. The lowest BCUT2D eigenvalue weighted by Crippen LogP contribution is -2.51. The minimum atomic E-state index is -4.62. The molecule has 3 atom stereocenters. The summed E-state index contributed by atoms with van der Waals surface area (Å²) in [6.07, 6.45) is -6.05. The number of benzene rings is 1. The van der Waals surface area contributed by atoms with E-state index in [1.54, 1.807) is 20.8 Å². The molecular formula is C23H27ClF3N3O5S. The summed E-state index contributed by atoms with van der Waals surface area (Å²) in [5, 5.41) is 10.4. The van der Waals surface area contributed by atoms with Crippen molar-refractivity contribution in [1.29, 1.82) is 5.26 Å². The number of rotatable bonds is 6. The van der Waals surface area contributed by atoms with E-state index in [0.717, 1.165) is 25.1 Å². The first-order valence-corrected chi connectivity index (χ1v) is 13.1. The summed E-state index contributed by atoms with van der Waals surface area (Å²) >= 11 is 6.14. The second-order valence-corrected chi connectivity index (χ2v) is 12.8. The number of amides is 2. The number of alkyl halides is 3. The van der Waals surface area contributed by atoms with Crippen molar-refractivity contribution < 1.29 is 35.9 Å². The molecule has 0 bridgehead atoms. The van der Waals surface area contributed by atoms with Crippen LogP contribution in [0.5, 0.6) is 5.75 Å². The fraction of sp³-hybridized carbons (Fsp3) is 0.609. The SMILES string of the molecule is CC(Oc1ccc(S(=O)(=O)C2CC(C(=O)NC3(C#N)CC3)N(C(=O)C(C)(C)C)C2)c(Cl)c1)C(F)(F)F. The van der Waals surface area contributed by atoms with Gasteiger partial charge in [-0.05, 0) is 38.3 Å². The van der Waals surface area contributed by atoms with Gasteiger partial charge in [0.25, 0.3) is 0 Å². The largest absolute Gasteiger partial charge is 0.481 e. The van der Waals surface area contributed by atoms with Gasteiger partial charge in [0, 0.05) is 18.0 Å². The first-order valence-electron chi connectivity index (χ1n) is 11.2. The highest BCUT2D eigenvalue weighted by Gasteiger charge is 2.51. The minimum Gasteiger partial charge on any atom is -0.481 e. The van der Waals surface area contributed by atoms with Gasteiger partial charge in [-0.1, -0.05) is 32.4 Å². The molecule has 3 unspecified atom stereocenters. The molecule has 1 aliphatic carbocycles. The Morgan fingerprint density at radius 2 is 1.89 bits per heavy atom. The maximum absolute atomic E-state index is 13.5. The Kier molecular flexibility index (Phi) is 7.34. The average molecular weight is 550 g/mol. The van der Waals surface area contributed by atoms with Crippen LogP contribution < -0.4 is 10.1 Å². The Bertz CT molecular complexity index is 1200. The van der Waals surface area contributed by atoms with E-state index in [-0.39, 0.29) is 28.6 Å². The molecular weight excluding hydrogens is 523 g/mol. The molecule has 3 rings (SSSR count). The van der Waals surface area contributed by atoms with E-state index in [1.165, 1.54) is 4.90 Å². The van der Waals surface area contributed by atoms with E-state index >= 15 is 0 Å². The van der Waals surface area contributed by atoms with Crippen LogP contribution in [0.2, 0.25) is 5.02 Å². The van der Waals surface area contributed by atoms with Crippen LogP contribution in [0.15, 0.2) is 23.1 Å². The molecule has 1 aliphatic heterocycles. The number of sulfone groups is 1. The number of nitrogens with zero attached hydrogens (tertiary/aromatic N) is 2.